The molecule has 0 aromatic carbocycles. The molecule has 0 heterocycles. The van der Waals surface area contributed by atoms with E-state index in [1.54, 1.807) is 0 Å². The predicted octanol–water partition coefficient (Wildman–Crippen LogP) is 1.42. The summed E-state index contributed by atoms with van der Waals surface area (Å²) in [6.45, 7) is 4.10. The molecule has 0 bridgehead atoms. The Morgan fingerprint density at radius 3 is 2.43 bits per heavy atom. The van der Waals surface area contributed by atoms with Crippen LogP contribution < -0.4 is 11.1 Å². The number of hydrogen-bond donors (Lipinski definition) is 2. The first-order valence-electron chi connectivity index (χ1n) is 5.68. The monoisotopic (exact) mass is 198 g/mol. The van der Waals surface area contributed by atoms with Gasteiger partial charge in [-0.05, 0) is 38.5 Å². The highest BCUT2D eigenvalue weighted by molar-refractivity contribution is 5.79. The molecule has 3 heteroatoms. The summed E-state index contributed by atoms with van der Waals surface area (Å²) >= 11 is 0. The highest BCUT2D eigenvalue weighted by Gasteiger charge is 2.22. The number of rotatable bonds is 4. The number of nitrogens with two attached hydrogens (primary N) is 1. The summed E-state index contributed by atoms with van der Waals surface area (Å²) in [7, 11) is 0. The number of hydrogen-bond acceptors (Lipinski definition) is 2. The lowest BCUT2D eigenvalue weighted by Gasteiger charge is -2.29. The molecule has 3 N–H and O–H groups in total. The third kappa shape index (κ3) is 3.29. The summed E-state index contributed by atoms with van der Waals surface area (Å²) in [5, 5.41) is 3.29. The molecule has 14 heavy (non-hydrogen) atoms. The van der Waals surface area contributed by atoms with Crippen molar-refractivity contribution < 1.29 is 4.79 Å². The number of amides is 1. The molecule has 1 aliphatic rings. The average Bonchev–Trinajstić information content (AvgIpc) is 2.19. The van der Waals surface area contributed by atoms with Crippen molar-refractivity contribution in [3.63, 3.8) is 0 Å². The van der Waals surface area contributed by atoms with Gasteiger partial charge in [0.05, 0.1) is 6.04 Å². The van der Waals surface area contributed by atoms with Gasteiger partial charge in [0, 0.05) is 6.04 Å². The molecule has 0 radical (unpaired) electrons. The van der Waals surface area contributed by atoms with Gasteiger partial charge in [-0.2, -0.15) is 0 Å². The van der Waals surface area contributed by atoms with E-state index in [4.69, 9.17) is 5.73 Å². The Balaban J connectivity index is 2.25. The minimum Gasteiger partial charge on any atom is -0.368 e. The van der Waals surface area contributed by atoms with Gasteiger partial charge in [-0.15, -0.1) is 0 Å². The van der Waals surface area contributed by atoms with Gasteiger partial charge in [-0.25, -0.2) is 0 Å². The van der Waals surface area contributed by atoms with Crippen LogP contribution in [-0.4, -0.2) is 18.0 Å². The summed E-state index contributed by atoms with van der Waals surface area (Å²) in [5.74, 6) is 0.652. The third-order valence-corrected chi connectivity index (χ3v) is 3.34. The third-order valence-electron chi connectivity index (χ3n) is 3.34. The molecular formula is C11H22N2O. The lowest BCUT2D eigenvalue weighted by Crippen LogP contribution is -2.45. The van der Waals surface area contributed by atoms with E-state index in [0.717, 1.165) is 5.92 Å². The summed E-state index contributed by atoms with van der Waals surface area (Å²) in [5.41, 5.74) is 5.21. The molecular weight excluding hydrogens is 176 g/mol. The van der Waals surface area contributed by atoms with Crippen molar-refractivity contribution >= 4 is 5.91 Å². The van der Waals surface area contributed by atoms with Crippen molar-refractivity contribution in [1.82, 2.24) is 5.32 Å². The fourth-order valence-electron chi connectivity index (χ4n) is 2.17. The normalized spacial score (nSPS) is 29.9. The van der Waals surface area contributed by atoms with Crippen molar-refractivity contribution in [3.8, 4) is 0 Å². The highest BCUT2D eigenvalue weighted by Crippen LogP contribution is 2.26. The first-order chi connectivity index (χ1) is 6.63. The van der Waals surface area contributed by atoms with E-state index in [-0.39, 0.29) is 11.9 Å². The lowest BCUT2D eigenvalue weighted by molar-refractivity contribution is -0.119. The average molecular weight is 198 g/mol. The largest absolute Gasteiger partial charge is 0.368 e. The fourth-order valence-corrected chi connectivity index (χ4v) is 2.17. The van der Waals surface area contributed by atoms with Crippen molar-refractivity contribution in [1.29, 1.82) is 0 Å². The molecule has 1 rings (SSSR count). The van der Waals surface area contributed by atoms with Crippen LogP contribution in [0.15, 0.2) is 0 Å². The zero-order chi connectivity index (χ0) is 10.6. The molecule has 0 spiro atoms. The first-order valence-corrected chi connectivity index (χ1v) is 5.68. The molecule has 0 aliphatic heterocycles. The second-order valence-electron chi connectivity index (χ2n) is 4.42. The minimum atomic E-state index is -0.248. The second-order valence-corrected chi connectivity index (χ2v) is 4.42. The summed E-state index contributed by atoms with van der Waals surface area (Å²) < 4.78 is 0. The number of primary amides is 1. The smallest absolute Gasteiger partial charge is 0.234 e. The van der Waals surface area contributed by atoms with E-state index >= 15 is 0 Å². The van der Waals surface area contributed by atoms with Crippen LogP contribution in [0, 0.1) is 5.92 Å². The molecule has 0 aromatic heterocycles. The summed E-state index contributed by atoms with van der Waals surface area (Å²) in [4.78, 5) is 10.9. The van der Waals surface area contributed by atoms with Crippen molar-refractivity contribution in [2.24, 2.45) is 11.7 Å². The van der Waals surface area contributed by atoms with Crippen LogP contribution in [0.1, 0.15) is 46.0 Å². The molecule has 1 saturated carbocycles. The fraction of sp³-hybridized carbons (Fsp3) is 0.909. The molecule has 0 unspecified atom stereocenters. The van der Waals surface area contributed by atoms with Crippen molar-refractivity contribution in [2.45, 2.75) is 58.0 Å². The maximum atomic E-state index is 10.9. The number of carbonyl (C=O) groups excluding carboxylic acids is 1. The topological polar surface area (TPSA) is 55.1 Å². The van der Waals surface area contributed by atoms with Gasteiger partial charge in [0.2, 0.25) is 5.91 Å². The van der Waals surface area contributed by atoms with E-state index in [1.165, 1.54) is 32.1 Å². The van der Waals surface area contributed by atoms with Gasteiger partial charge >= 0.3 is 0 Å². The van der Waals surface area contributed by atoms with E-state index in [0.29, 0.717) is 6.04 Å². The van der Waals surface area contributed by atoms with E-state index in [1.807, 2.05) is 6.92 Å². The quantitative estimate of drug-likeness (QED) is 0.717. The van der Waals surface area contributed by atoms with E-state index < -0.39 is 0 Å². The zero-order valence-corrected chi connectivity index (χ0v) is 9.25. The minimum absolute atomic E-state index is 0.182. The van der Waals surface area contributed by atoms with Gasteiger partial charge in [-0.3, -0.25) is 4.79 Å². The van der Waals surface area contributed by atoms with Crippen LogP contribution in [0.3, 0.4) is 0 Å². The standard InChI is InChI=1S/C11H22N2O/c1-3-9-4-6-10(7-5-9)13-8(2)11(12)14/h8-10,13H,3-7H2,1-2H3,(H2,12,14)/t8-,9?,10?/m0/s1. The Morgan fingerprint density at radius 1 is 1.43 bits per heavy atom. The Labute approximate surface area is 86.4 Å². The molecule has 1 amide bonds. The van der Waals surface area contributed by atoms with Crippen molar-refractivity contribution in [2.75, 3.05) is 0 Å². The Hall–Kier alpha value is -0.570. The number of carbonyl (C=O) groups is 1. The molecule has 3 nitrogen and oxygen atoms in total. The van der Waals surface area contributed by atoms with Gasteiger partial charge in [0.15, 0.2) is 0 Å². The van der Waals surface area contributed by atoms with Crippen LogP contribution in [0.2, 0.25) is 0 Å². The van der Waals surface area contributed by atoms with Crippen LogP contribution in [0.5, 0.6) is 0 Å². The summed E-state index contributed by atoms with van der Waals surface area (Å²) in [6, 6.07) is 0.318. The Morgan fingerprint density at radius 2 is 2.00 bits per heavy atom. The van der Waals surface area contributed by atoms with Crippen LogP contribution >= 0.6 is 0 Å². The van der Waals surface area contributed by atoms with Gasteiger partial charge in [0.25, 0.3) is 0 Å². The Kier molecular flexibility index (Phi) is 4.39. The lowest BCUT2D eigenvalue weighted by atomic mass is 9.84. The second kappa shape index (κ2) is 5.35. The molecule has 1 atom stereocenters. The summed E-state index contributed by atoms with van der Waals surface area (Å²) in [6.07, 6.45) is 6.25. The Bertz CT molecular complexity index is 186. The van der Waals surface area contributed by atoms with Gasteiger partial charge < -0.3 is 11.1 Å². The molecule has 1 fully saturated rings. The molecule has 1 aliphatic carbocycles. The zero-order valence-electron chi connectivity index (χ0n) is 9.25. The van der Waals surface area contributed by atoms with Gasteiger partial charge in [0.1, 0.15) is 0 Å². The molecule has 0 aromatic rings. The highest BCUT2D eigenvalue weighted by atomic mass is 16.1. The van der Waals surface area contributed by atoms with Gasteiger partial charge in [-0.1, -0.05) is 13.3 Å². The number of nitrogens with one attached hydrogen (secondary N) is 1. The van der Waals surface area contributed by atoms with E-state index in [2.05, 4.69) is 12.2 Å². The maximum Gasteiger partial charge on any atom is 0.234 e. The van der Waals surface area contributed by atoms with Crippen LogP contribution in [0.25, 0.3) is 0 Å². The SMILES string of the molecule is CCC1CCC(N[C@@H](C)C(N)=O)CC1. The van der Waals surface area contributed by atoms with Crippen LogP contribution in [-0.2, 0) is 4.79 Å². The van der Waals surface area contributed by atoms with Crippen LogP contribution in [0.4, 0.5) is 0 Å². The maximum absolute atomic E-state index is 10.9. The molecule has 82 valence electrons. The predicted molar refractivity (Wildman–Crippen MR) is 57.8 cm³/mol. The van der Waals surface area contributed by atoms with E-state index in [9.17, 15) is 4.79 Å². The molecule has 0 saturated heterocycles. The first kappa shape index (κ1) is 11.5. The van der Waals surface area contributed by atoms with Crippen molar-refractivity contribution in [3.05, 3.63) is 0 Å².